The molecular weight excluding hydrogens is 268 g/mol. The van der Waals surface area contributed by atoms with Crippen LogP contribution in [0.5, 0.6) is 0 Å². The summed E-state index contributed by atoms with van der Waals surface area (Å²) in [4.78, 5) is 12.0. The van der Waals surface area contributed by atoms with Gasteiger partial charge in [-0.15, -0.1) is 0 Å². The number of carbonyl (C=O) groups excluding carboxylic acids is 1. The van der Waals surface area contributed by atoms with Crippen molar-refractivity contribution in [2.45, 2.75) is 23.7 Å². The van der Waals surface area contributed by atoms with E-state index in [9.17, 15) is 15.0 Å². The van der Waals surface area contributed by atoms with Gasteiger partial charge in [0.2, 0.25) is 5.12 Å². The Kier molecular flexibility index (Phi) is 4.95. The molecule has 104 valence electrons. The zero-order chi connectivity index (χ0) is 13.8. The first-order valence-electron chi connectivity index (χ1n) is 5.90. The van der Waals surface area contributed by atoms with E-state index >= 15 is 0 Å². The fraction of sp³-hybridized carbons (Fsp3) is 0.462. The molecule has 2 N–H and O–H groups in total. The van der Waals surface area contributed by atoms with Gasteiger partial charge in [0.05, 0.1) is 18.0 Å². The molecule has 1 aliphatic heterocycles. The number of rotatable bonds is 3. The molecule has 0 amide bonds. The highest BCUT2D eigenvalue weighted by molar-refractivity contribution is 8.14. The van der Waals surface area contributed by atoms with E-state index in [1.807, 2.05) is 6.07 Å². The second-order valence-corrected chi connectivity index (χ2v) is 5.44. The molecule has 1 aromatic carbocycles. The Hall–Kier alpha value is -0.920. The van der Waals surface area contributed by atoms with Crippen molar-refractivity contribution in [3.63, 3.8) is 0 Å². The Labute approximate surface area is 115 Å². The molecule has 2 rings (SSSR count). The Morgan fingerprint density at radius 2 is 2.00 bits per heavy atom. The number of hydrogen-bond acceptors (Lipinski definition) is 6. The van der Waals surface area contributed by atoms with Gasteiger partial charge in [-0.1, -0.05) is 42.1 Å². The normalized spacial score (nSPS) is 31.1. The fourth-order valence-electron chi connectivity index (χ4n) is 1.86. The summed E-state index contributed by atoms with van der Waals surface area (Å²) in [5.74, 6) is 0. The number of thioether (sulfide) groups is 1. The number of benzene rings is 1. The number of ether oxygens (including phenoxy) is 2. The van der Waals surface area contributed by atoms with Crippen LogP contribution in [0.2, 0.25) is 0 Å². The Bertz CT molecular complexity index is 424. The van der Waals surface area contributed by atoms with E-state index in [1.165, 1.54) is 7.11 Å². The minimum Gasteiger partial charge on any atom is -0.389 e. The summed E-state index contributed by atoms with van der Waals surface area (Å²) in [6.07, 6.45) is -3.06. The van der Waals surface area contributed by atoms with Crippen LogP contribution in [0.3, 0.4) is 0 Å². The molecule has 1 heterocycles. The van der Waals surface area contributed by atoms with Gasteiger partial charge >= 0.3 is 0 Å². The highest BCUT2D eigenvalue weighted by atomic mass is 32.2. The van der Waals surface area contributed by atoms with Crippen molar-refractivity contribution in [2.75, 3.05) is 13.7 Å². The second-order valence-electron chi connectivity index (χ2n) is 4.23. The van der Waals surface area contributed by atoms with Crippen molar-refractivity contribution >= 4 is 16.9 Å². The standard InChI is InChI=1S/C13H16O5S/c1-17-13-11(15)10(14)9(7-18-13)19-12(16)8-5-3-2-4-6-8/h2-6,9-11,13-15H,7H2,1H3/t9-,10-,11+,13-/m1/s1. The third-order valence-corrected chi connectivity index (χ3v) is 4.10. The molecule has 0 radical (unpaired) electrons. The lowest BCUT2D eigenvalue weighted by Gasteiger charge is -2.35. The van der Waals surface area contributed by atoms with Crippen LogP contribution in [0.1, 0.15) is 10.4 Å². The average Bonchev–Trinajstić information content (AvgIpc) is 2.45. The van der Waals surface area contributed by atoms with E-state index in [2.05, 4.69) is 0 Å². The van der Waals surface area contributed by atoms with Crippen LogP contribution in [0.4, 0.5) is 0 Å². The third-order valence-electron chi connectivity index (χ3n) is 2.93. The number of aliphatic hydroxyl groups excluding tert-OH is 2. The van der Waals surface area contributed by atoms with Crippen LogP contribution < -0.4 is 0 Å². The third kappa shape index (κ3) is 3.34. The first-order valence-corrected chi connectivity index (χ1v) is 6.78. The van der Waals surface area contributed by atoms with Crippen molar-refractivity contribution in [3.05, 3.63) is 35.9 Å². The molecule has 19 heavy (non-hydrogen) atoms. The summed E-state index contributed by atoms with van der Waals surface area (Å²) < 4.78 is 10.1. The van der Waals surface area contributed by atoms with Gasteiger partial charge in [0, 0.05) is 12.7 Å². The summed E-state index contributed by atoms with van der Waals surface area (Å²) in [7, 11) is 1.39. The van der Waals surface area contributed by atoms with E-state index in [-0.39, 0.29) is 11.7 Å². The number of hydrogen-bond donors (Lipinski definition) is 2. The van der Waals surface area contributed by atoms with Gasteiger partial charge in [-0.2, -0.15) is 0 Å². The summed E-state index contributed by atoms with van der Waals surface area (Å²) >= 11 is 0.969. The van der Waals surface area contributed by atoms with Crippen molar-refractivity contribution < 1.29 is 24.5 Å². The van der Waals surface area contributed by atoms with Gasteiger partial charge in [-0.25, -0.2) is 0 Å². The van der Waals surface area contributed by atoms with Gasteiger partial charge in [-0.3, -0.25) is 4.79 Å². The minimum atomic E-state index is -1.15. The molecule has 1 aliphatic rings. The van der Waals surface area contributed by atoms with Crippen molar-refractivity contribution in [2.24, 2.45) is 0 Å². The highest BCUT2D eigenvalue weighted by Gasteiger charge is 2.39. The van der Waals surface area contributed by atoms with Crippen LogP contribution in [0, 0.1) is 0 Å². The van der Waals surface area contributed by atoms with Gasteiger partial charge in [0.1, 0.15) is 6.10 Å². The molecule has 4 atom stereocenters. The molecular formula is C13H16O5S. The molecule has 0 unspecified atom stereocenters. The Morgan fingerprint density at radius 1 is 1.32 bits per heavy atom. The number of aliphatic hydroxyl groups is 2. The maximum atomic E-state index is 12.0. The topological polar surface area (TPSA) is 76.0 Å². The maximum absolute atomic E-state index is 12.0. The van der Waals surface area contributed by atoms with Gasteiger partial charge in [0.25, 0.3) is 0 Å². The van der Waals surface area contributed by atoms with Crippen LogP contribution in [0.15, 0.2) is 30.3 Å². The monoisotopic (exact) mass is 284 g/mol. The highest BCUT2D eigenvalue weighted by Crippen LogP contribution is 2.27. The molecule has 0 aromatic heterocycles. The zero-order valence-corrected chi connectivity index (χ0v) is 11.2. The SMILES string of the molecule is CO[C@@H]1OC[C@@H](SC(=O)c2ccccc2)[C@@H](O)[C@@H]1O. The van der Waals surface area contributed by atoms with E-state index in [0.717, 1.165) is 11.8 Å². The van der Waals surface area contributed by atoms with E-state index < -0.39 is 23.7 Å². The fourth-order valence-corrected chi connectivity index (χ4v) is 2.85. The smallest absolute Gasteiger partial charge is 0.219 e. The van der Waals surface area contributed by atoms with Crippen LogP contribution in [0.25, 0.3) is 0 Å². The van der Waals surface area contributed by atoms with Gasteiger partial charge < -0.3 is 19.7 Å². The largest absolute Gasteiger partial charge is 0.389 e. The Balaban J connectivity index is 1.98. The zero-order valence-electron chi connectivity index (χ0n) is 10.4. The quantitative estimate of drug-likeness (QED) is 0.849. The number of carbonyl (C=O) groups is 1. The first-order chi connectivity index (χ1) is 9.13. The van der Waals surface area contributed by atoms with Crippen molar-refractivity contribution in [1.82, 2.24) is 0 Å². The molecule has 1 aromatic rings. The predicted molar refractivity (Wildman–Crippen MR) is 70.9 cm³/mol. The lowest BCUT2D eigenvalue weighted by molar-refractivity contribution is -0.229. The predicted octanol–water partition coefficient (Wildman–Crippen LogP) is 0.653. The molecule has 6 heteroatoms. The Morgan fingerprint density at radius 3 is 2.63 bits per heavy atom. The lowest BCUT2D eigenvalue weighted by Crippen LogP contribution is -2.52. The van der Waals surface area contributed by atoms with Crippen LogP contribution in [-0.4, -0.2) is 52.8 Å². The van der Waals surface area contributed by atoms with Crippen LogP contribution >= 0.6 is 11.8 Å². The minimum absolute atomic E-state index is 0.153. The van der Waals surface area contributed by atoms with E-state index in [0.29, 0.717) is 5.56 Å². The molecule has 5 nitrogen and oxygen atoms in total. The van der Waals surface area contributed by atoms with E-state index in [1.54, 1.807) is 24.3 Å². The average molecular weight is 284 g/mol. The van der Waals surface area contributed by atoms with Crippen LogP contribution in [-0.2, 0) is 9.47 Å². The van der Waals surface area contributed by atoms with Crippen molar-refractivity contribution in [1.29, 1.82) is 0 Å². The molecule has 1 saturated heterocycles. The second kappa shape index (κ2) is 6.49. The summed E-state index contributed by atoms with van der Waals surface area (Å²) in [6.45, 7) is 0.153. The summed E-state index contributed by atoms with van der Waals surface area (Å²) in [5, 5.41) is 19.1. The number of methoxy groups -OCH3 is 1. The first kappa shape index (κ1) is 14.5. The maximum Gasteiger partial charge on any atom is 0.219 e. The summed E-state index contributed by atoms with van der Waals surface area (Å²) in [6, 6.07) is 8.79. The molecule has 1 fully saturated rings. The summed E-state index contributed by atoms with van der Waals surface area (Å²) in [5.41, 5.74) is 0.558. The molecule has 0 aliphatic carbocycles. The lowest BCUT2D eigenvalue weighted by atomic mass is 10.1. The molecule has 0 saturated carbocycles. The van der Waals surface area contributed by atoms with E-state index in [4.69, 9.17) is 9.47 Å². The van der Waals surface area contributed by atoms with Gasteiger partial charge in [-0.05, 0) is 0 Å². The van der Waals surface area contributed by atoms with Crippen molar-refractivity contribution in [3.8, 4) is 0 Å². The molecule has 0 bridgehead atoms. The van der Waals surface area contributed by atoms with Gasteiger partial charge in [0.15, 0.2) is 6.29 Å². The molecule has 0 spiro atoms.